The molecule has 132 valence electrons. The number of rotatable bonds is 4. The van der Waals surface area contributed by atoms with Crippen LogP contribution in [-0.2, 0) is 11.8 Å². The van der Waals surface area contributed by atoms with Crippen LogP contribution < -0.4 is 10.2 Å². The third kappa shape index (κ3) is 3.17. The van der Waals surface area contributed by atoms with E-state index in [-0.39, 0.29) is 16.6 Å². The Morgan fingerprint density at radius 2 is 2.08 bits per heavy atom. The minimum atomic E-state index is -0.474. The van der Waals surface area contributed by atoms with Crippen molar-refractivity contribution in [1.82, 2.24) is 9.78 Å². The van der Waals surface area contributed by atoms with Crippen molar-refractivity contribution in [2.45, 2.75) is 26.3 Å². The Kier molecular flexibility index (Phi) is 4.38. The number of halogens is 1. The zero-order valence-electron chi connectivity index (χ0n) is 14.1. The fourth-order valence-electron chi connectivity index (χ4n) is 3.06. The Bertz CT molecular complexity index is 864. The highest BCUT2D eigenvalue weighted by Gasteiger charge is 2.34. The van der Waals surface area contributed by atoms with Crippen LogP contribution in [0.25, 0.3) is 0 Å². The van der Waals surface area contributed by atoms with E-state index in [4.69, 9.17) is 11.6 Å². The molecule has 3 rings (SSSR count). The van der Waals surface area contributed by atoms with Crippen molar-refractivity contribution >= 4 is 34.7 Å². The lowest BCUT2D eigenvalue weighted by atomic mass is 10.1. The first-order chi connectivity index (χ1) is 11.8. The Labute approximate surface area is 149 Å². The number of anilines is 2. The number of amides is 1. The van der Waals surface area contributed by atoms with Crippen LogP contribution in [0.3, 0.4) is 0 Å². The fourth-order valence-corrected chi connectivity index (χ4v) is 3.27. The number of hydrogen-bond donors (Lipinski definition) is 1. The maximum Gasteiger partial charge on any atom is 0.273 e. The summed E-state index contributed by atoms with van der Waals surface area (Å²) in [5.41, 5.74) is 1.81. The molecule has 2 heterocycles. The number of carbonyl (C=O) groups excluding carboxylic acids is 1. The molecule has 1 aliphatic rings. The highest BCUT2D eigenvalue weighted by atomic mass is 35.5. The van der Waals surface area contributed by atoms with Gasteiger partial charge in [-0.2, -0.15) is 5.10 Å². The SMILES string of the molecule is Cc1cc(N2CCC(Nc3cc(C)c([N+](=O)[O-])cc3Cl)C2=O)n(C)n1. The van der Waals surface area contributed by atoms with Gasteiger partial charge in [0.05, 0.1) is 21.3 Å². The highest BCUT2D eigenvalue weighted by Crippen LogP contribution is 2.32. The van der Waals surface area contributed by atoms with Crippen LogP contribution in [-0.4, -0.2) is 33.2 Å². The number of nitrogens with zero attached hydrogens (tertiary/aromatic N) is 4. The zero-order chi connectivity index (χ0) is 18.3. The van der Waals surface area contributed by atoms with E-state index in [9.17, 15) is 14.9 Å². The summed E-state index contributed by atoms with van der Waals surface area (Å²) >= 11 is 6.15. The van der Waals surface area contributed by atoms with Crippen LogP contribution in [0.1, 0.15) is 17.7 Å². The number of nitro groups is 1. The van der Waals surface area contributed by atoms with Gasteiger partial charge in [0.15, 0.2) is 0 Å². The van der Waals surface area contributed by atoms with Crippen molar-refractivity contribution in [3.05, 3.63) is 44.6 Å². The molecule has 0 spiro atoms. The Hall–Kier alpha value is -2.61. The predicted octanol–water partition coefficient (Wildman–Crippen LogP) is 2.82. The van der Waals surface area contributed by atoms with E-state index in [1.165, 1.54) is 6.07 Å². The third-order valence-corrected chi connectivity index (χ3v) is 4.58. The van der Waals surface area contributed by atoms with Gasteiger partial charge in [-0.05, 0) is 26.3 Å². The lowest BCUT2D eigenvalue weighted by Gasteiger charge is -2.18. The summed E-state index contributed by atoms with van der Waals surface area (Å²) in [6.07, 6.45) is 0.607. The van der Waals surface area contributed by atoms with Crippen LogP contribution in [0.15, 0.2) is 18.2 Å². The Morgan fingerprint density at radius 1 is 1.36 bits per heavy atom. The lowest BCUT2D eigenvalue weighted by molar-refractivity contribution is -0.385. The average molecular weight is 364 g/mol. The van der Waals surface area contributed by atoms with E-state index in [0.29, 0.717) is 24.2 Å². The Morgan fingerprint density at radius 3 is 2.68 bits per heavy atom. The molecule has 1 aromatic heterocycles. The Balaban J connectivity index is 1.81. The van der Waals surface area contributed by atoms with Gasteiger partial charge in [0.2, 0.25) is 0 Å². The van der Waals surface area contributed by atoms with Gasteiger partial charge >= 0.3 is 0 Å². The lowest BCUT2D eigenvalue weighted by Crippen LogP contribution is -2.34. The second-order valence-corrected chi connectivity index (χ2v) is 6.53. The molecule has 1 amide bonds. The van der Waals surface area contributed by atoms with Gasteiger partial charge in [0.25, 0.3) is 11.6 Å². The first-order valence-corrected chi connectivity index (χ1v) is 8.19. The van der Waals surface area contributed by atoms with Crippen LogP contribution in [0.5, 0.6) is 0 Å². The van der Waals surface area contributed by atoms with Gasteiger partial charge in [0, 0.05) is 31.3 Å². The summed E-state index contributed by atoms with van der Waals surface area (Å²) in [6.45, 7) is 4.08. The molecule has 8 nitrogen and oxygen atoms in total. The van der Waals surface area contributed by atoms with Crippen molar-refractivity contribution < 1.29 is 9.72 Å². The fraction of sp³-hybridized carbons (Fsp3) is 0.375. The number of carbonyl (C=O) groups is 1. The van der Waals surface area contributed by atoms with Crippen LogP contribution in [0, 0.1) is 24.0 Å². The number of nitro benzene ring substituents is 1. The van der Waals surface area contributed by atoms with Crippen LogP contribution in [0.4, 0.5) is 17.2 Å². The molecule has 0 saturated carbocycles. The molecule has 1 atom stereocenters. The first-order valence-electron chi connectivity index (χ1n) is 7.81. The minimum Gasteiger partial charge on any atom is -0.372 e. The molecule has 0 radical (unpaired) electrons. The van der Waals surface area contributed by atoms with E-state index in [1.54, 1.807) is 29.6 Å². The molecule has 1 aromatic carbocycles. The summed E-state index contributed by atoms with van der Waals surface area (Å²) in [5.74, 6) is 0.674. The average Bonchev–Trinajstić information content (AvgIpc) is 3.04. The zero-order valence-corrected chi connectivity index (χ0v) is 14.9. The van der Waals surface area contributed by atoms with E-state index in [0.717, 1.165) is 11.5 Å². The number of benzene rings is 1. The van der Waals surface area contributed by atoms with Crippen molar-refractivity contribution in [3.63, 3.8) is 0 Å². The quantitative estimate of drug-likeness (QED) is 0.666. The molecular weight excluding hydrogens is 346 g/mol. The molecule has 9 heteroatoms. The predicted molar refractivity (Wildman–Crippen MR) is 95.2 cm³/mol. The summed E-state index contributed by atoms with van der Waals surface area (Å²) in [5, 5.41) is 18.6. The van der Waals surface area contributed by atoms with Gasteiger partial charge in [0.1, 0.15) is 11.9 Å². The van der Waals surface area contributed by atoms with Crippen LogP contribution >= 0.6 is 11.6 Å². The topological polar surface area (TPSA) is 93.3 Å². The molecule has 1 saturated heterocycles. The van der Waals surface area contributed by atoms with Gasteiger partial charge < -0.3 is 5.32 Å². The summed E-state index contributed by atoms with van der Waals surface area (Å²) in [6, 6.07) is 4.34. The van der Waals surface area contributed by atoms with Crippen LogP contribution in [0.2, 0.25) is 5.02 Å². The summed E-state index contributed by atoms with van der Waals surface area (Å²) < 4.78 is 1.68. The third-order valence-electron chi connectivity index (χ3n) is 4.27. The van der Waals surface area contributed by atoms with Crippen molar-refractivity contribution in [1.29, 1.82) is 0 Å². The maximum absolute atomic E-state index is 12.7. The number of aromatic nitrogens is 2. The molecule has 1 fully saturated rings. The molecule has 25 heavy (non-hydrogen) atoms. The van der Waals surface area contributed by atoms with Gasteiger partial charge in [-0.3, -0.25) is 24.5 Å². The molecule has 2 aromatic rings. The van der Waals surface area contributed by atoms with E-state index in [2.05, 4.69) is 10.4 Å². The smallest absolute Gasteiger partial charge is 0.273 e. The molecular formula is C16H18ClN5O3. The summed E-state index contributed by atoms with van der Waals surface area (Å²) in [7, 11) is 1.80. The number of hydrogen-bond acceptors (Lipinski definition) is 5. The minimum absolute atomic E-state index is 0.0414. The van der Waals surface area contributed by atoms with Crippen molar-refractivity contribution in [2.24, 2.45) is 7.05 Å². The van der Waals surface area contributed by atoms with E-state index in [1.807, 2.05) is 13.0 Å². The van der Waals surface area contributed by atoms with Gasteiger partial charge in [-0.15, -0.1) is 0 Å². The molecule has 1 unspecified atom stereocenters. The number of nitrogens with one attached hydrogen (secondary N) is 1. The first kappa shape index (κ1) is 17.2. The van der Waals surface area contributed by atoms with Gasteiger partial charge in [-0.25, -0.2) is 0 Å². The maximum atomic E-state index is 12.7. The second kappa shape index (κ2) is 6.36. The standard InChI is InChI=1S/C16H18ClN5O3/c1-9-6-13(11(17)8-14(9)22(24)25)18-12-4-5-21(16(12)23)15-7-10(2)19-20(15)3/h6-8,12,18H,4-5H2,1-3H3. The van der Waals surface area contributed by atoms with E-state index < -0.39 is 11.0 Å². The monoisotopic (exact) mass is 363 g/mol. The molecule has 0 bridgehead atoms. The normalized spacial score (nSPS) is 17.2. The molecule has 0 aliphatic carbocycles. The van der Waals surface area contributed by atoms with Crippen molar-refractivity contribution in [3.8, 4) is 0 Å². The van der Waals surface area contributed by atoms with E-state index >= 15 is 0 Å². The summed E-state index contributed by atoms with van der Waals surface area (Å²) in [4.78, 5) is 24.9. The van der Waals surface area contributed by atoms with Crippen molar-refractivity contribution in [2.75, 3.05) is 16.8 Å². The molecule has 1 aliphatic heterocycles. The highest BCUT2D eigenvalue weighted by molar-refractivity contribution is 6.33. The second-order valence-electron chi connectivity index (χ2n) is 6.12. The molecule has 1 N–H and O–H groups in total. The van der Waals surface area contributed by atoms with Gasteiger partial charge in [-0.1, -0.05) is 11.6 Å². The largest absolute Gasteiger partial charge is 0.372 e. The number of aryl methyl sites for hydroxylation is 3.